The molecule has 1 atom stereocenters. The molecule has 0 aliphatic heterocycles. The maximum absolute atomic E-state index is 5.15. The third kappa shape index (κ3) is 1.92. The van der Waals surface area contributed by atoms with Crippen LogP contribution in [0.25, 0.3) is 0 Å². The lowest BCUT2D eigenvalue weighted by atomic mass is 10.0. The van der Waals surface area contributed by atoms with E-state index in [4.69, 9.17) is 4.74 Å². The highest BCUT2D eigenvalue weighted by molar-refractivity contribution is 5.33. The van der Waals surface area contributed by atoms with Gasteiger partial charge >= 0.3 is 0 Å². The summed E-state index contributed by atoms with van der Waals surface area (Å²) in [5.74, 6) is 0.947. The molecule has 102 valence electrons. The summed E-state index contributed by atoms with van der Waals surface area (Å²) in [5.41, 5.74) is 0.628. The number of methoxy groups -OCH3 is 1. The van der Waals surface area contributed by atoms with Crippen molar-refractivity contribution in [1.82, 2.24) is 9.55 Å². The Kier molecular flexibility index (Phi) is 3.18. The number of hydrogen-bond acceptors (Lipinski definition) is 3. The molecule has 1 aromatic heterocycles. The van der Waals surface area contributed by atoms with Crippen LogP contribution in [-0.2, 0) is 4.74 Å². The lowest BCUT2D eigenvalue weighted by Gasteiger charge is -2.16. The fraction of sp³-hybridized carbons (Fsp3) is 0.786. The van der Waals surface area contributed by atoms with Crippen LogP contribution >= 0.6 is 0 Å². The molecule has 1 aliphatic carbocycles. The average Bonchev–Trinajstić information content (AvgIpc) is 2.60. The zero-order chi connectivity index (χ0) is 13.6. The van der Waals surface area contributed by atoms with Crippen LogP contribution in [0.15, 0.2) is 12.4 Å². The summed E-state index contributed by atoms with van der Waals surface area (Å²) in [6.45, 7) is 12.1. The minimum absolute atomic E-state index is 0.265. The van der Waals surface area contributed by atoms with E-state index in [0.29, 0.717) is 23.5 Å². The number of aromatic nitrogens is 2. The Morgan fingerprint density at radius 1 is 1.39 bits per heavy atom. The molecule has 1 aliphatic rings. The van der Waals surface area contributed by atoms with Crippen molar-refractivity contribution >= 4 is 5.95 Å². The monoisotopic (exact) mass is 251 g/mol. The third-order valence-corrected chi connectivity index (χ3v) is 4.68. The smallest absolute Gasteiger partial charge is 0.203 e. The summed E-state index contributed by atoms with van der Waals surface area (Å²) < 4.78 is 7.42. The van der Waals surface area contributed by atoms with E-state index in [2.05, 4.69) is 55.7 Å². The minimum atomic E-state index is 0.265. The number of rotatable bonds is 5. The largest absolute Gasteiger partial charge is 0.383 e. The molecule has 1 fully saturated rings. The van der Waals surface area contributed by atoms with Crippen LogP contribution in [0.1, 0.15) is 40.7 Å². The van der Waals surface area contributed by atoms with Crippen molar-refractivity contribution in [3.05, 3.63) is 12.4 Å². The predicted molar refractivity (Wildman–Crippen MR) is 73.8 cm³/mol. The molecule has 18 heavy (non-hydrogen) atoms. The van der Waals surface area contributed by atoms with Crippen molar-refractivity contribution < 1.29 is 4.74 Å². The van der Waals surface area contributed by atoms with Crippen molar-refractivity contribution in [2.45, 2.75) is 46.7 Å². The molecule has 0 radical (unpaired) electrons. The van der Waals surface area contributed by atoms with Gasteiger partial charge in [-0.15, -0.1) is 0 Å². The Balaban J connectivity index is 2.15. The highest BCUT2D eigenvalue weighted by Crippen LogP contribution is 2.71. The summed E-state index contributed by atoms with van der Waals surface area (Å²) in [6, 6.07) is 0.769. The number of nitrogens with zero attached hydrogens (tertiary/aromatic N) is 2. The van der Waals surface area contributed by atoms with Crippen LogP contribution < -0.4 is 5.32 Å². The highest BCUT2D eigenvalue weighted by atomic mass is 16.5. The molecule has 0 aromatic carbocycles. The standard InChI is InChI=1S/C14H25N3O/c1-10(9-18-6)16-12-15-7-8-17(12)11-13(2,3)14(11,4)5/h7-8,10-11H,9H2,1-6H3,(H,15,16). The van der Waals surface area contributed by atoms with E-state index in [9.17, 15) is 0 Å². The Morgan fingerprint density at radius 3 is 2.50 bits per heavy atom. The molecule has 1 aromatic rings. The molecule has 0 spiro atoms. The first kappa shape index (κ1) is 13.4. The van der Waals surface area contributed by atoms with Gasteiger partial charge in [-0.1, -0.05) is 27.7 Å². The molecular formula is C14H25N3O. The second-order valence-corrected chi connectivity index (χ2v) is 6.50. The summed E-state index contributed by atoms with van der Waals surface area (Å²) >= 11 is 0. The van der Waals surface area contributed by atoms with Crippen molar-refractivity contribution in [3.8, 4) is 0 Å². The second kappa shape index (κ2) is 4.26. The van der Waals surface area contributed by atoms with Crippen molar-refractivity contribution in [3.63, 3.8) is 0 Å². The van der Waals surface area contributed by atoms with Crippen LogP contribution in [0.4, 0.5) is 5.95 Å². The topological polar surface area (TPSA) is 39.1 Å². The predicted octanol–water partition coefficient (Wildman–Crippen LogP) is 2.94. The molecule has 1 N–H and O–H groups in total. The first-order valence-electron chi connectivity index (χ1n) is 6.60. The fourth-order valence-electron chi connectivity index (χ4n) is 3.00. The summed E-state index contributed by atoms with van der Waals surface area (Å²) in [6.07, 6.45) is 3.94. The van der Waals surface area contributed by atoms with Gasteiger partial charge in [-0.2, -0.15) is 0 Å². The van der Waals surface area contributed by atoms with Crippen molar-refractivity contribution in [2.75, 3.05) is 19.0 Å². The van der Waals surface area contributed by atoms with Crippen LogP contribution in [0.3, 0.4) is 0 Å². The number of hydrogen-bond donors (Lipinski definition) is 1. The lowest BCUT2D eigenvalue weighted by Crippen LogP contribution is -2.23. The van der Waals surface area contributed by atoms with Gasteiger partial charge in [0.1, 0.15) is 0 Å². The van der Waals surface area contributed by atoms with E-state index in [0.717, 1.165) is 5.95 Å². The highest BCUT2D eigenvalue weighted by Gasteiger charge is 2.66. The normalized spacial score (nSPS) is 22.8. The van der Waals surface area contributed by atoms with Gasteiger partial charge in [0.2, 0.25) is 5.95 Å². The van der Waals surface area contributed by atoms with Gasteiger partial charge in [-0.05, 0) is 17.8 Å². The average molecular weight is 251 g/mol. The molecule has 4 nitrogen and oxygen atoms in total. The van der Waals surface area contributed by atoms with Crippen LogP contribution in [0.5, 0.6) is 0 Å². The minimum Gasteiger partial charge on any atom is -0.383 e. The van der Waals surface area contributed by atoms with Crippen LogP contribution in [-0.4, -0.2) is 29.3 Å². The van der Waals surface area contributed by atoms with Gasteiger partial charge in [0.25, 0.3) is 0 Å². The molecule has 0 bridgehead atoms. The van der Waals surface area contributed by atoms with E-state index in [1.165, 1.54) is 0 Å². The SMILES string of the molecule is COCC(C)Nc1nccn1C1C(C)(C)C1(C)C. The quantitative estimate of drug-likeness (QED) is 0.874. The van der Waals surface area contributed by atoms with Gasteiger partial charge < -0.3 is 14.6 Å². The summed E-state index contributed by atoms with van der Waals surface area (Å²) in [4.78, 5) is 4.43. The van der Waals surface area contributed by atoms with E-state index >= 15 is 0 Å². The van der Waals surface area contributed by atoms with Gasteiger partial charge in [0, 0.05) is 31.6 Å². The molecule has 2 rings (SSSR count). The number of ether oxygens (including phenoxy) is 1. The van der Waals surface area contributed by atoms with Gasteiger partial charge in [-0.3, -0.25) is 0 Å². The van der Waals surface area contributed by atoms with Gasteiger partial charge in [0.15, 0.2) is 0 Å². The Hall–Kier alpha value is -1.03. The summed E-state index contributed by atoms with van der Waals surface area (Å²) in [7, 11) is 1.72. The first-order chi connectivity index (χ1) is 8.32. The van der Waals surface area contributed by atoms with Crippen molar-refractivity contribution in [1.29, 1.82) is 0 Å². The van der Waals surface area contributed by atoms with Gasteiger partial charge in [0.05, 0.1) is 6.61 Å². The van der Waals surface area contributed by atoms with Crippen molar-refractivity contribution in [2.24, 2.45) is 10.8 Å². The molecule has 1 unspecified atom stereocenters. The van der Waals surface area contributed by atoms with Crippen LogP contribution in [0, 0.1) is 10.8 Å². The molecule has 0 amide bonds. The lowest BCUT2D eigenvalue weighted by molar-refractivity contribution is 0.190. The Labute approximate surface area is 110 Å². The molecule has 1 saturated carbocycles. The Bertz CT molecular complexity index is 408. The van der Waals surface area contributed by atoms with Gasteiger partial charge in [-0.25, -0.2) is 4.98 Å². The first-order valence-corrected chi connectivity index (χ1v) is 6.60. The number of imidazole rings is 1. The maximum atomic E-state index is 5.15. The summed E-state index contributed by atoms with van der Waals surface area (Å²) in [5, 5.41) is 3.42. The van der Waals surface area contributed by atoms with E-state index in [1.807, 2.05) is 6.20 Å². The third-order valence-electron chi connectivity index (χ3n) is 4.68. The Morgan fingerprint density at radius 2 is 2.00 bits per heavy atom. The molecular weight excluding hydrogens is 226 g/mol. The molecule has 4 heteroatoms. The molecule has 1 heterocycles. The van der Waals surface area contributed by atoms with Crippen LogP contribution in [0.2, 0.25) is 0 Å². The van der Waals surface area contributed by atoms with E-state index in [1.54, 1.807) is 7.11 Å². The zero-order valence-electron chi connectivity index (χ0n) is 12.3. The second-order valence-electron chi connectivity index (χ2n) is 6.50. The number of anilines is 1. The molecule has 0 saturated heterocycles. The zero-order valence-corrected chi connectivity index (χ0v) is 12.3. The van der Waals surface area contributed by atoms with E-state index < -0.39 is 0 Å². The fourth-order valence-corrected chi connectivity index (χ4v) is 3.00. The van der Waals surface area contributed by atoms with E-state index in [-0.39, 0.29) is 6.04 Å². The number of nitrogens with one attached hydrogen (secondary N) is 1. The maximum Gasteiger partial charge on any atom is 0.203 e.